The molecule has 1 aliphatic heterocycles. The second kappa shape index (κ2) is 6.50. The van der Waals surface area contributed by atoms with Crippen LogP contribution in [0.5, 0.6) is 5.75 Å². The van der Waals surface area contributed by atoms with Crippen molar-refractivity contribution in [2.75, 3.05) is 6.61 Å². The summed E-state index contributed by atoms with van der Waals surface area (Å²) >= 11 is 6.20. The Kier molecular flexibility index (Phi) is 4.47. The molecule has 1 N–H and O–H groups in total. The number of benzene rings is 2. The number of hydrogen-bond acceptors (Lipinski definition) is 2. The average Bonchev–Trinajstić information content (AvgIpc) is 2.91. The highest BCUT2D eigenvalue weighted by Crippen LogP contribution is 2.31. The van der Waals surface area contributed by atoms with Gasteiger partial charge in [-0.3, -0.25) is 0 Å². The molecule has 0 saturated heterocycles. The van der Waals surface area contributed by atoms with Crippen LogP contribution < -0.4 is 4.74 Å². The third-order valence-electron chi connectivity index (χ3n) is 4.03. The minimum absolute atomic E-state index is 0.154. The number of para-hydroxylation sites is 1. The number of aliphatic hydroxyl groups excluding tert-OH is 1. The maximum Gasteiger partial charge on any atom is 0.123 e. The molecule has 2 unspecified atom stereocenters. The van der Waals surface area contributed by atoms with Gasteiger partial charge in [0.15, 0.2) is 0 Å². The summed E-state index contributed by atoms with van der Waals surface area (Å²) < 4.78 is 5.96. The van der Waals surface area contributed by atoms with Crippen LogP contribution in [-0.2, 0) is 12.8 Å². The van der Waals surface area contributed by atoms with E-state index in [1.54, 1.807) is 0 Å². The Balaban J connectivity index is 1.63. The van der Waals surface area contributed by atoms with E-state index in [1.807, 2.05) is 42.5 Å². The normalized spacial score (nSPS) is 18.1. The lowest BCUT2D eigenvalue weighted by atomic mass is 9.93. The third-order valence-corrected chi connectivity index (χ3v) is 4.40. The molecule has 0 amide bonds. The van der Waals surface area contributed by atoms with Crippen molar-refractivity contribution in [3.8, 4) is 5.75 Å². The van der Waals surface area contributed by atoms with Gasteiger partial charge in [-0.05, 0) is 42.0 Å². The Labute approximate surface area is 130 Å². The van der Waals surface area contributed by atoms with Crippen LogP contribution in [0.4, 0.5) is 0 Å². The van der Waals surface area contributed by atoms with E-state index in [2.05, 4.69) is 6.07 Å². The van der Waals surface area contributed by atoms with Crippen LogP contribution in [0.3, 0.4) is 0 Å². The first-order valence-electron chi connectivity index (χ1n) is 7.35. The topological polar surface area (TPSA) is 29.5 Å². The van der Waals surface area contributed by atoms with E-state index in [-0.39, 0.29) is 18.6 Å². The zero-order chi connectivity index (χ0) is 14.7. The molecule has 0 saturated carbocycles. The van der Waals surface area contributed by atoms with Gasteiger partial charge in [0, 0.05) is 18.1 Å². The molecule has 2 aromatic rings. The maximum absolute atomic E-state index is 9.66. The van der Waals surface area contributed by atoms with Gasteiger partial charge in [0.1, 0.15) is 11.9 Å². The van der Waals surface area contributed by atoms with Crippen molar-refractivity contribution < 1.29 is 9.84 Å². The smallest absolute Gasteiger partial charge is 0.123 e. The molecule has 0 fully saturated rings. The van der Waals surface area contributed by atoms with Gasteiger partial charge in [-0.2, -0.15) is 0 Å². The lowest BCUT2D eigenvalue weighted by molar-refractivity contribution is 0.149. The maximum atomic E-state index is 9.66. The monoisotopic (exact) mass is 302 g/mol. The van der Waals surface area contributed by atoms with E-state index >= 15 is 0 Å². The first-order chi connectivity index (χ1) is 10.3. The standard InChI is InChI=1S/C18H19ClO2/c19-17-7-3-1-5-14(17)9-13(12-20)10-16-11-15-6-2-4-8-18(15)21-16/h1-8,13,16,20H,9-12H2. The molecule has 2 aromatic carbocycles. The van der Waals surface area contributed by atoms with Crippen LogP contribution in [0, 0.1) is 5.92 Å². The summed E-state index contributed by atoms with van der Waals surface area (Å²) in [4.78, 5) is 0. The number of aliphatic hydroxyl groups is 1. The van der Waals surface area contributed by atoms with Crippen LogP contribution in [0.2, 0.25) is 5.02 Å². The fourth-order valence-corrected chi connectivity index (χ4v) is 3.17. The summed E-state index contributed by atoms with van der Waals surface area (Å²) in [7, 11) is 0. The predicted octanol–water partition coefficient (Wildman–Crippen LogP) is 3.88. The summed E-state index contributed by atoms with van der Waals surface area (Å²) in [6.45, 7) is 0.154. The molecule has 0 bridgehead atoms. The van der Waals surface area contributed by atoms with Crippen LogP contribution in [0.15, 0.2) is 48.5 Å². The van der Waals surface area contributed by atoms with Gasteiger partial charge in [0.05, 0.1) is 0 Å². The highest BCUT2D eigenvalue weighted by Gasteiger charge is 2.25. The van der Waals surface area contributed by atoms with E-state index in [9.17, 15) is 5.11 Å². The van der Waals surface area contributed by atoms with Crippen LogP contribution in [-0.4, -0.2) is 17.8 Å². The summed E-state index contributed by atoms with van der Waals surface area (Å²) in [6, 6.07) is 16.0. The minimum atomic E-state index is 0.154. The minimum Gasteiger partial charge on any atom is -0.490 e. The zero-order valence-corrected chi connectivity index (χ0v) is 12.6. The molecule has 0 radical (unpaired) electrons. The molecule has 1 aliphatic rings. The van der Waals surface area contributed by atoms with Gasteiger partial charge >= 0.3 is 0 Å². The van der Waals surface area contributed by atoms with Gasteiger partial charge in [-0.15, -0.1) is 0 Å². The van der Waals surface area contributed by atoms with Gasteiger partial charge in [0.2, 0.25) is 0 Å². The van der Waals surface area contributed by atoms with Gasteiger partial charge in [0.25, 0.3) is 0 Å². The van der Waals surface area contributed by atoms with E-state index in [0.29, 0.717) is 0 Å². The zero-order valence-electron chi connectivity index (χ0n) is 11.8. The third kappa shape index (κ3) is 3.39. The molecule has 0 spiro atoms. The molecular formula is C18H19ClO2. The SMILES string of the molecule is OCC(Cc1ccccc1Cl)CC1Cc2ccccc2O1. The van der Waals surface area contributed by atoms with Crippen LogP contribution in [0.25, 0.3) is 0 Å². The van der Waals surface area contributed by atoms with Crippen molar-refractivity contribution in [2.45, 2.75) is 25.4 Å². The Morgan fingerprint density at radius 2 is 1.90 bits per heavy atom. The Bertz CT molecular complexity index is 587. The highest BCUT2D eigenvalue weighted by molar-refractivity contribution is 6.31. The fraction of sp³-hybridized carbons (Fsp3) is 0.333. The Hall–Kier alpha value is -1.51. The number of hydrogen-bond donors (Lipinski definition) is 1. The summed E-state index contributed by atoms with van der Waals surface area (Å²) in [5.41, 5.74) is 2.35. The highest BCUT2D eigenvalue weighted by atomic mass is 35.5. The lowest BCUT2D eigenvalue weighted by Gasteiger charge is -2.19. The molecule has 21 heavy (non-hydrogen) atoms. The van der Waals surface area contributed by atoms with Crippen molar-refractivity contribution in [1.29, 1.82) is 0 Å². The van der Waals surface area contributed by atoms with E-state index in [0.717, 1.165) is 35.6 Å². The van der Waals surface area contributed by atoms with E-state index in [4.69, 9.17) is 16.3 Å². The summed E-state index contributed by atoms with van der Waals surface area (Å²) in [5, 5.41) is 10.4. The summed E-state index contributed by atoms with van der Waals surface area (Å²) in [6.07, 6.45) is 2.71. The molecule has 0 aliphatic carbocycles. The Morgan fingerprint density at radius 1 is 1.14 bits per heavy atom. The molecule has 1 heterocycles. The largest absolute Gasteiger partial charge is 0.490 e. The number of halogens is 1. The second-order valence-electron chi connectivity index (χ2n) is 5.63. The van der Waals surface area contributed by atoms with Crippen molar-refractivity contribution in [1.82, 2.24) is 0 Å². The van der Waals surface area contributed by atoms with Crippen molar-refractivity contribution in [3.05, 3.63) is 64.7 Å². The fourth-order valence-electron chi connectivity index (χ4n) is 2.95. The average molecular weight is 303 g/mol. The van der Waals surface area contributed by atoms with Crippen LogP contribution >= 0.6 is 11.6 Å². The molecule has 3 heteroatoms. The number of fused-ring (bicyclic) bond motifs is 1. The van der Waals surface area contributed by atoms with Gasteiger partial charge in [-0.1, -0.05) is 48.0 Å². The predicted molar refractivity (Wildman–Crippen MR) is 84.9 cm³/mol. The number of ether oxygens (including phenoxy) is 1. The van der Waals surface area contributed by atoms with Crippen molar-refractivity contribution >= 4 is 11.6 Å². The quantitative estimate of drug-likeness (QED) is 0.908. The molecule has 2 atom stereocenters. The van der Waals surface area contributed by atoms with Gasteiger partial charge < -0.3 is 9.84 Å². The summed E-state index contributed by atoms with van der Waals surface area (Å²) in [5.74, 6) is 1.15. The van der Waals surface area contributed by atoms with Gasteiger partial charge in [-0.25, -0.2) is 0 Å². The molecule has 110 valence electrons. The lowest BCUT2D eigenvalue weighted by Crippen LogP contribution is -2.22. The number of rotatable bonds is 5. The van der Waals surface area contributed by atoms with Crippen LogP contribution in [0.1, 0.15) is 17.5 Å². The van der Waals surface area contributed by atoms with E-state index in [1.165, 1.54) is 5.56 Å². The Morgan fingerprint density at radius 3 is 2.67 bits per heavy atom. The molecule has 3 rings (SSSR count). The first kappa shape index (κ1) is 14.4. The van der Waals surface area contributed by atoms with E-state index < -0.39 is 0 Å². The van der Waals surface area contributed by atoms with Crippen molar-refractivity contribution in [3.63, 3.8) is 0 Å². The molecular weight excluding hydrogens is 284 g/mol. The molecule has 2 nitrogen and oxygen atoms in total. The van der Waals surface area contributed by atoms with Crippen molar-refractivity contribution in [2.24, 2.45) is 5.92 Å². The second-order valence-corrected chi connectivity index (χ2v) is 6.04. The molecule has 0 aromatic heterocycles. The first-order valence-corrected chi connectivity index (χ1v) is 7.73.